The Labute approximate surface area is 242 Å². The molecule has 0 atom stereocenters. The SMILES string of the molecule is O=C1c2cccc(OC(=O)C3CCOCC3)c2C(=O)c2c(OC(=O)C3CCOCC3)cc(C(=O)N3CCOCC3)cc21. The summed E-state index contributed by atoms with van der Waals surface area (Å²) in [5, 5.41) is 0. The molecule has 2 aromatic rings. The van der Waals surface area contributed by atoms with Gasteiger partial charge in [-0.25, -0.2) is 0 Å². The van der Waals surface area contributed by atoms with Crippen LogP contribution in [0.15, 0.2) is 30.3 Å². The number of hydrogen-bond acceptors (Lipinski definition) is 10. The van der Waals surface area contributed by atoms with Gasteiger partial charge in [0, 0.05) is 56.2 Å². The van der Waals surface area contributed by atoms with Gasteiger partial charge in [-0.3, -0.25) is 24.0 Å². The molecule has 42 heavy (non-hydrogen) atoms. The Hall–Kier alpha value is -3.93. The van der Waals surface area contributed by atoms with E-state index >= 15 is 0 Å². The number of nitrogens with zero attached hydrogens (tertiary/aromatic N) is 1. The Morgan fingerprint density at radius 3 is 1.83 bits per heavy atom. The molecule has 0 saturated carbocycles. The monoisotopic (exact) mass is 577 g/mol. The number of benzene rings is 2. The molecule has 11 nitrogen and oxygen atoms in total. The summed E-state index contributed by atoms with van der Waals surface area (Å²) in [5.41, 5.74) is -0.0964. The molecular formula is C31H31NO10. The highest BCUT2D eigenvalue weighted by atomic mass is 16.5. The van der Waals surface area contributed by atoms with Crippen LogP contribution in [0.25, 0.3) is 0 Å². The van der Waals surface area contributed by atoms with E-state index in [0.717, 1.165) is 0 Å². The zero-order valence-electron chi connectivity index (χ0n) is 23.1. The molecule has 1 amide bonds. The molecule has 4 aliphatic rings. The Morgan fingerprint density at radius 2 is 1.21 bits per heavy atom. The van der Waals surface area contributed by atoms with Gasteiger partial charge in [-0.1, -0.05) is 12.1 Å². The van der Waals surface area contributed by atoms with Crippen LogP contribution in [0, 0.1) is 11.8 Å². The first-order valence-electron chi connectivity index (χ1n) is 14.3. The lowest BCUT2D eigenvalue weighted by atomic mass is 9.82. The van der Waals surface area contributed by atoms with Gasteiger partial charge in [0.1, 0.15) is 11.5 Å². The number of morpholine rings is 1. The van der Waals surface area contributed by atoms with E-state index in [2.05, 4.69) is 0 Å². The molecule has 0 bridgehead atoms. The zero-order chi connectivity index (χ0) is 29.2. The molecule has 3 heterocycles. The summed E-state index contributed by atoms with van der Waals surface area (Å²) in [6, 6.07) is 7.21. The fourth-order valence-electron chi connectivity index (χ4n) is 5.74. The van der Waals surface area contributed by atoms with E-state index in [1.165, 1.54) is 30.3 Å². The highest BCUT2D eigenvalue weighted by Gasteiger charge is 2.38. The second-order valence-electron chi connectivity index (χ2n) is 10.8. The van der Waals surface area contributed by atoms with Crippen LogP contribution in [-0.4, -0.2) is 87.0 Å². The maximum atomic E-state index is 14.1. The number of amides is 1. The molecule has 0 aromatic heterocycles. The first-order valence-corrected chi connectivity index (χ1v) is 14.3. The summed E-state index contributed by atoms with van der Waals surface area (Å²) in [4.78, 5) is 69.1. The van der Waals surface area contributed by atoms with Crippen molar-refractivity contribution in [1.29, 1.82) is 0 Å². The highest BCUT2D eigenvalue weighted by molar-refractivity contribution is 6.31. The average Bonchev–Trinajstić information content (AvgIpc) is 3.04. The van der Waals surface area contributed by atoms with E-state index in [0.29, 0.717) is 78.4 Å². The van der Waals surface area contributed by atoms with Gasteiger partial charge in [0.05, 0.1) is 36.2 Å². The number of carbonyl (C=O) groups is 5. The largest absolute Gasteiger partial charge is 0.426 e. The molecule has 2 aromatic carbocycles. The minimum atomic E-state index is -0.630. The summed E-state index contributed by atoms with van der Waals surface area (Å²) in [6.07, 6.45) is 1.90. The van der Waals surface area contributed by atoms with E-state index in [1.807, 2.05) is 0 Å². The van der Waals surface area contributed by atoms with Gasteiger partial charge in [-0.05, 0) is 43.9 Å². The maximum absolute atomic E-state index is 14.1. The van der Waals surface area contributed by atoms with Gasteiger partial charge in [-0.2, -0.15) is 0 Å². The molecule has 3 aliphatic heterocycles. The van der Waals surface area contributed by atoms with Crippen LogP contribution in [-0.2, 0) is 23.8 Å². The number of ether oxygens (including phenoxy) is 5. The second-order valence-corrected chi connectivity index (χ2v) is 10.8. The first kappa shape index (κ1) is 28.2. The van der Waals surface area contributed by atoms with E-state index in [9.17, 15) is 24.0 Å². The van der Waals surface area contributed by atoms with Crippen molar-refractivity contribution in [3.05, 3.63) is 58.1 Å². The predicted molar refractivity (Wildman–Crippen MR) is 145 cm³/mol. The van der Waals surface area contributed by atoms with E-state index in [4.69, 9.17) is 23.7 Å². The predicted octanol–water partition coefficient (Wildman–Crippen LogP) is 2.60. The van der Waals surface area contributed by atoms with Crippen LogP contribution in [0.1, 0.15) is 67.9 Å². The van der Waals surface area contributed by atoms with Crippen molar-refractivity contribution in [3.63, 3.8) is 0 Å². The zero-order valence-corrected chi connectivity index (χ0v) is 23.1. The van der Waals surface area contributed by atoms with Crippen LogP contribution in [0.2, 0.25) is 0 Å². The van der Waals surface area contributed by atoms with Gasteiger partial charge in [0.2, 0.25) is 5.78 Å². The summed E-state index contributed by atoms with van der Waals surface area (Å²) in [6.45, 7) is 3.16. The summed E-state index contributed by atoms with van der Waals surface area (Å²) in [7, 11) is 0. The number of ketones is 2. The average molecular weight is 578 g/mol. The molecule has 6 rings (SSSR count). The lowest BCUT2D eigenvalue weighted by Crippen LogP contribution is -2.41. The molecule has 220 valence electrons. The first-order chi connectivity index (χ1) is 20.4. The van der Waals surface area contributed by atoms with Gasteiger partial charge >= 0.3 is 11.9 Å². The summed E-state index contributed by atoms with van der Waals surface area (Å²) in [5.74, 6) is -3.66. The molecule has 0 N–H and O–H groups in total. The normalized spacial score (nSPS) is 19.6. The van der Waals surface area contributed by atoms with Crippen molar-refractivity contribution in [1.82, 2.24) is 4.90 Å². The van der Waals surface area contributed by atoms with Crippen molar-refractivity contribution in [3.8, 4) is 11.5 Å². The van der Waals surface area contributed by atoms with Gasteiger partial charge < -0.3 is 28.6 Å². The molecule has 3 saturated heterocycles. The van der Waals surface area contributed by atoms with Gasteiger partial charge in [-0.15, -0.1) is 0 Å². The van der Waals surface area contributed by atoms with Crippen molar-refractivity contribution in [2.24, 2.45) is 11.8 Å². The van der Waals surface area contributed by atoms with Crippen molar-refractivity contribution >= 4 is 29.4 Å². The van der Waals surface area contributed by atoms with Crippen LogP contribution in [0.5, 0.6) is 11.5 Å². The lowest BCUT2D eigenvalue weighted by Gasteiger charge is -2.28. The highest BCUT2D eigenvalue weighted by Crippen LogP contribution is 2.39. The molecule has 0 radical (unpaired) electrons. The number of fused-ring (bicyclic) bond motifs is 2. The second kappa shape index (κ2) is 12.1. The third-order valence-corrected chi connectivity index (χ3v) is 8.15. The quantitative estimate of drug-likeness (QED) is 0.329. The molecule has 1 aliphatic carbocycles. The van der Waals surface area contributed by atoms with Gasteiger partial charge in [0.15, 0.2) is 5.78 Å². The smallest absolute Gasteiger partial charge is 0.314 e. The van der Waals surface area contributed by atoms with Gasteiger partial charge in [0.25, 0.3) is 5.91 Å². The van der Waals surface area contributed by atoms with Crippen LogP contribution < -0.4 is 9.47 Å². The van der Waals surface area contributed by atoms with E-state index in [-0.39, 0.29) is 51.1 Å². The minimum absolute atomic E-state index is 0.0387. The third-order valence-electron chi connectivity index (χ3n) is 8.15. The van der Waals surface area contributed by atoms with E-state index < -0.39 is 29.4 Å². The summed E-state index contributed by atoms with van der Waals surface area (Å²) >= 11 is 0. The van der Waals surface area contributed by atoms with E-state index in [1.54, 1.807) is 4.90 Å². The van der Waals surface area contributed by atoms with Crippen molar-refractivity contribution < 1.29 is 47.7 Å². The fourth-order valence-corrected chi connectivity index (χ4v) is 5.74. The lowest BCUT2D eigenvalue weighted by molar-refractivity contribution is -0.142. The fraction of sp³-hybridized carbons (Fsp3) is 0.452. The minimum Gasteiger partial charge on any atom is -0.426 e. The van der Waals surface area contributed by atoms with Crippen LogP contribution in [0.4, 0.5) is 0 Å². The number of carbonyl (C=O) groups excluding carboxylic acids is 5. The number of esters is 2. The molecule has 0 spiro atoms. The topological polar surface area (TPSA) is 135 Å². The van der Waals surface area contributed by atoms with Crippen molar-refractivity contribution in [2.75, 3.05) is 52.7 Å². The Kier molecular flexibility index (Phi) is 8.14. The van der Waals surface area contributed by atoms with Crippen LogP contribution in [0.3, 0.4) is 0 Å². The molecule has 0 unspecified atom stereocenters. The van der Waals surface area contributed by atoms with Crippen LogP contribution >= 0.6 is 0 Å². The third kappa shape index (κ3) is 5.47. The number of hydrogen-bond donors (Lipinski definition) is 0. The van der Waals surface area contributed by atoms with Crippen molar-refractivity contribution in [2.45, 2.75) is 25.7 Å². The molecule has 3 fully saturated rings. The molecule has 11 heteroatoms. The maximum Gasteiger partial charge on any atom is 0.314 e. The summed E-state index contributed by atoms with van der Waals surface area (Å²) < 4.78 is 27.5. The standard InChI is InChI=1S/C31H31NO10/c33-27-21-2-1-3-23(41-30(36)18-4-10-38-11-5-18)25(21)28(34)26-22(27)16-20(29(35)32-8-14-40-15-9-32)17-24(26)42-31(37)19-6-12-39-13-7-19/h1-3,16-19H,4-15H2. The number of rotatable bonds is 5. The molecular weight excluding hydrogens is 546 g/mol. The Balaban J connectivity index is 1.39. The Bertz CT molecular complexity index is 1430. The Morgan fingerprint density at radius 1 is 0.667 bits per heavy atom.